The lowest BCUT2D eigenvalue weighted by Gasteiger charge is -2.20. The molecule has 0 fully saturated rings. The summed E-state index contributed by atoms with van der Waals surface area (Å²) in [4.78, 5) is 26.7. The smallest absolute Gasteiger partial charge is 0.250 e. The minimum absolute atomic E-state index is 0.0137. The molecule has 0 N–H and O–H groups in total. The topological polar surface area (TPSA) is 42.3 Å². The number of aromatic nitrogens is 1. The third-order valence-corrected chi connectivity index (χ3v) is 4.36. The highest BCUT2D eigenvalue weighted by molar-refractivity contribution is 7.16. The van der Waals surface area contributed by atoms with Crippen molar-refractivity contribution in [2.75, 3.05) is 6.54 Å². The molecule has 116 valence electrons. The molecule has 0 saturated heterocycles. The standard InChI is InChI=1S/C16H17ClN2O2S/c1-2-9-19(12-13-6-7-14(17)22-13)16(21)8-11-18-10-4-3-5-15(18)20/h2-7,10H,1,8-9,11-12H2. The molecule has 0 aromatic carbocycles. The van der Waals surface area contributed by atoms with Crippen LogP contribution in [0.5, 0.6) is 0 Å². The Bertz CT molecular complexity index is 708. The van der Waals surface area contributed by atoms with E-state index in [2.05, 4.69) is 6.58 Å². The predicted octanol–water partition coefficient (Wildman–Crippen LogP) is 3.17. The second kappa shape index (κ2) is 7.96. The number of nitrogens with zero attached hydrogens (tertiary/aromatic N) is 2. The molecule has 0 bridgehead atoms. The molecule has 2 aromatic heterocycles. The number of carbonyl (C=O) groups excluding carboxylic acids is 1. The van der Waals surface area contributed by atoms with E-state index in [1.165, 1.54) is 22.0 Å². The summed E-state index contributed by atoms with van der Waals surface area (Å²) >= 11 is 7.37. The number of hydrogen-bond donors (Lipinski definition) is 0. The van der Waals surface area contributed by atoms with Gasteiger partial charge in [0.25, 0.3) is 5.56 Å². The summed E-state index contributed by atoms with van der Waals surface area (Å²) in [6.07, 6.45) is 3.66. The fourth-order valence-electron chi connectivity index (χ4n) is 2.05. The first kappa shape index (κ1) is 16.5. The molecule has 0 unspecified atom stereocenters. The van der Waals surface area contributed by atoms with Gasteiger partial charge in [0.05, 0.1) is 10.9 Å². The molecule has 0 aliphatic carbocycles. The van der Waals surface area contributed by atoms with Crippen LogP contribution in [0.3, 0.4) is 0 Å². The third-order valence-electron chi connectivity index (χ3n) is 3.14. The molecule has 2 aromatic rings. The lowest BCUT2D eigenvalue weighted by atomic mass is 10.3. The van der Waals surface area contributed by atoms with Crippen molar-refractivity contribution in [2.45, 2.75) is 19.5 Å². The second-order valence-corrected chi connectivity index (χ2v) is 6.55. The van der Waals surface area contributed by atoms with Gasteiger partial charge in [-0.15, -0.1) is 17.9 Å². The number of hydrogen-bond acceptors (Lipinski definition) is 3. The van der Waals surface area contributed by atoms with Crippen LogP contribution in [0.15, 0.2) is 54.0 Å². The fraction of sp³-hybridized carbons (Fsp3) is 0.250. The van der Waals surface area contributed by atoms with E-state index in [-0.39, 0.29) is 17.9 Å². The van der Waals surface area contributed by atoms with Gasteiger partial charge in [-0.05, 0) is 18.2 Å². The fourth-order valence-corrected chi connectivity index (χ4v) is 3.16. The number of thiophene rings is 1. The van der Waals surface area contributed by atoms with E-state index >= 15 is 0 Å². The highest BCUT2D eigenvalue weighted by Gasteiger charge is 2.14. The number of rotatable bonds is 7. The number of carbonyl (C=O) groups is 1. The SMILES string of the molecule is C=CCN(Cc1ccc(Cl)s1)C(=O)CCn1ccccc1=O. The van der Waals surface area contributed by atoms with Crippen LogP contribution in [0.4, 0.5) is 0 Å². The van der Waals surface area contributed by atoms with Crippen LogP contribution >= 0.6 is 22.9 Å². The average molecular weight is 337 g/mol. The monoisotopic (exact) mass is 336 g/mol. The minimum Gasteiger partial charge on any atom is -0.334 e. The molecule has 1 amide bonds. The zero-order chi connectivity index (χ0) is 15.9. The Labute approximate surface area is 138 Å². The van der Waals surface area contributed by atoms with E-state index < -0.39 is 0 Å². The van der Waals surface area contributed by atoms with Crippen molar-refractivity contribution in [3.63, 3.8) is 0 Å². The minimum atomic E-state index is -0.101. The summed E-state index contributed by atoms with van der Waals surface area (Å²) in [5.41, 5.74) is -0.101. The molecule has 22 heavy (non-hydrogen) atoms. The van der Waals surface area contributed by atoms with E-state index in [0.717, 1.165) is 4.88 Å². The highest BCUT2D eigenvalue weighted by atomic mass is 35.5. The van der Waals surface area contributed by atoms with Crippen molar-refractivity contribution in [3.05, 3.63) is 68.8 Å². The van der Waals surface area contributed by atoms with Crippen molar-refractivity contribution < 1.29 is 4.79 Å². The first-order valence-corrected chi connectivity index (χ1v) is 8.08. The van der Waals surface area contributed by atoms with Crippen molar-refractivity contribution in [3.8, 4) is 0 Å². The predicted molar refractivity (Wildman–Crippen MR) is 90.3 cm³/mol. The van der Waals surface area contributed by atoms with Crippen molar-refractivity contribution in [2.24, 2.45) is 0 Å². The lowest BCUT2D eigenvalue weighted by molar-refractivity contribution is -0.131. The van der Waals surface area contributed by atoms with Crippen molar-refractivity contribution in [1.82, 2.24) is 9.47 Å². The van der Waals surface area contributed by atoms with Crippen LogP contribution < -0.4 is 5.56 Å². The van der Waals surface area contributed by atoms with Crippen LogP contribution in [-0.4, -0.2) is 21.9 Å². The highest BCUT2D eigenvalue weighted by Crippen LogP contribution is 2.22. The van der Waals surface area contributed by atoms with E-state index in [0.29, 0.717) is 24.0 Å². The second-order valence-electron chi connectivity index (χ2n) is 4.75. The first-order valence-electron chi connectivity index (χ1n) is 6.88. The molecular weight excluding hydrogens is 320 g/mol. The van der Waals surface area contributed by atoms with E-state index in [9.17, 15) is 9.59 Å². The molecular formula is C16H17ClN2O2S. The summed E-state index contributed by atoms with van der Waals surface area (Å²) in [5, 5.41) is 0. The molecule has 0 atom stereocenters. The molecule has 0 radical (unpaired) electrons. The van der Waals surface area contributed by atoms with Gasteiger partial charge in [0.1, 0.15) is 0 Å². The summed E-state index contributed by atoms with van der Waals surface area (Å²) in [6.45, 7) is 5.04. The first-order chi connectivity index (χ1) is 10.6. The van der Waals surface area contributed by atoms with Crippen LogP contribution in [0.2, 0.25) is 4.34 Å². The summed E-state index contributed by atoms with van der Waals surface area (Å²) in [5.74, 6) is -0.0137. The van der Waals surface area contributed by atoms with E-state index in [1.54, 1.807) is 29.3 Å². The number of amides is 1. The Kier molecular flexibility index (Phi) is 5.98. The number of aryl methyl sites for hydroxylation is 1. The maximum absolute atomic E-state index is 12.4. The Balaban J connectivity index is 1.99. The van der Waals surface area contributed by atoms with E-state index in [1.807, 2.05) is 12.1 Å². The van der Waals surface area contributed by atoms with Gasteiger partial charge in [0.2, 0.25) is 5.91 Å². The summed E-state index contributed by atoms with van der Waals surface area (Å²) in [6, 6.07) is 8.69. The van der Waals surface area contributed by atoms with Crippen molar-refractivity contribution >= 4 is 28.8 Å². The Morgan fingerprint density at radius 1 is 1.36 bits per heavy atom. The van der Waals surface area contributed by atoms with Gasteiger partial charge in [-0.3, -0.25) is 9.59 Å². The number of pyridine rings is 1. The largest absolute Gasteiger partial charge is 0.334 e. The zero-order valence-electron chi connectivity index (χ0n) is 12.1. The molecule has 0 aliphatic rings. The van der Waals surface area contributed by atoms with Crippen LogP contribution in [0, 0.1) is 0 Å². The molecule has 2 rings (SSSR count). The third kappa shape index (κ3) is 4.58. The molecule has 0 aliphatic heterocycles. The average Bonchev–Trinajstić information content (AvgIpc) is 2.91. The van der Waals surface area contributed by atoms with Gasteiger partial charge >= 0.3 is 0 Å². The summed E-state index contributed by atoms with van der Waals surface area (Å²) in [7, 11) is 0. The van der Waals surface area contributed by atoms with Gasteiger partial charge in [0.15, 0.2) is 0 Å². The quantitative estimate of drug-likeness (QED) is 0.729. The Hall–Kier alpha value is -1.85. The maximum Gasteiger partial charge on any atom is 0.250 e. The summed E-state index contributed by atoms with van der Waals surface area (Å²) < 4.78 is 2.24. The van der Waals surface area contributed by atoms with Gasteiger partial charge in [-0.2, -0.15) is 0 Å². The van der Waals surface area contributed by atoms with Gasteiger partial charge in [-0.25, -0.2) is 0 Å². The molecule has 4 nitrogen and oxygen atoms in total. The lowest BCUT2D eigenvalue weighted by Crippen LogP contribution is -2.32. The normalized spacial score (nSPS) is 10.4. The van der Waals surface area contributed by atoms with E-state index in [4.69, 9.17) is 11.6 Å². The van der Waals surface area contributed by atoms with Gasteiger partial charge in [-0.1, -0.05) is 23.7 Å². The van der Waals surface area contributed by atoms with Crippen LogP contribution in [-0.2, 0) is 17.9 Å². The maximum atomic E-state index is 12.4. The molecule has 0 saturated carbocycles. The van der Waals surface area contributed by atoms with Crippen LogP contribution in [0.25, 0.3) is 0 Å². The molecule has 2 heterocycles. The molecule has 6 heteroatoms. The molecule has 0 spiro atoms. The van der Waals surface area contributed by atoms with Crippen molar-refractivity contribution in [1.29, 1.82) is 0 Å². The van der Waals surface area contributed by atoms with Gasteiger partial charge in [0, 0.05) is 36.7 Å². The zero-order valence-corrected chi connectivity index (χ0v) is 13.6. The number of halogens is 1. The van der Waals surface area contributed by atoms with Gasteiger partial charge < -0.3 is 9.47 Å². The Morgan fingerprint density at radius 3 is 2.82 bits per heavy atom. The Morgan fingerprint density at radius 2 is 2.18 bits per heavy atom. The van der Waals surface area contributed by atoms with Crippen LogP contribution in [0.1, 0.15) is 11.3 Å².